The summed E-state index contributed by atoms with van der Waals surface area (Å²) < 4.78 is 0. The highest BCUT2D eigenvalue weighted by Gasteiger charge is 2.31. The maximum absolute atomic E-state index is 12.8. The summed E-state index contributed by atoms with van der Waals surface area (Å²) in [6, 6.07) is 10.6. The van der Waals surface area contributed by atoms with Crippen LogP contribution in [0.2, 0.25) is 0 Å². The predicted octanol–water partition coefficient (Wildman–Crippen LogP) is 1.99. The third-order valence-corrected chi connectivity index (χ3v) is 5.05. The van der Waals surface area contributed by atoms with Crippen molar-refractivity contribution in [3.63, 3.8) is 0 Å². The first kappa shape index (κ1) is 16.3. The van der Waals surface area contributed by atoms with Gasteiger partial charge < -0.3 is 20.2 Å². The predicted molar refractivity (Wildman–Crippen MR) is 90.2 cm³/mol. The molecular formula is C18H27N3O2. The second kappa shape index (κ2) is 7.32. The van der Waals surface area contributed by atoms with Crippen molar-refractivity contribution in [2.75, 3.05) is 26.7 Å². The summed E-state index contributed by atoms with van der Waals surface area (Å²) in [6.45, 7) is 2.51. The number of amides is 2. The van der Waals surface area contributed by atoms with Gasteiger partial charge in [0.05, 0.1) is 12.1 Å². The van der Waals surface area contributed by atoms with Gasteiger partial charge in [-0.05, 0) is 38.3 Å². The zero-order chi connectivity index (χ0) is 16.2. The number of carbonyl (C=O) groups is 1. The van der Waals surface area contributed by atoms with Gasteiger partial charge in [0.25, 0.3) is 0 Å². The van der Waals surface area contributed by atoms with Gasteiger partial charge >= 0.3 is 6.03 Å². The molecule has 1 aliphatic heterocycles. The maximum Gasteiger partial charge on any atom is 0.318 e. The van der Waals surface area contributed by atoms with E-state index in [-0.39, 0.29) is 24.2 Å². The van der Waals surface area contributed by atoms with Crippen LogP contribution in [0.5, 0.6) is 0 Å². The van der Waals surface area contributed by atoms with E-state index in [1.165, 1.54) is 5.56 Å². The Balaban J connectivity index is 1.67. The van der Waals surface area contributed by atoms with Crippen molar-refractivity contribution < 1.29 is 9.90 Å². The molecule has 1 saturated heterocycles. The number of rotatable bonds is 2. The van der Waals surface area contributed by atoms with Crippen LogP contribution in [-0.2, 0) is 0 Å². The van der Waals surface area contributed by atoms with E-state index >= 15 is 0 Å². The molecule has 1 heterocycles. The molecule has 126 valence electrons. The van der Waals surface area contributed by atoms with E-state index in [0.29, 0.717) is 0 Å². The molecule has 1 aliphatic carbocycles. The molecule has 5 heteroatoms. The third-order valence-electron chi connectivity index (χ3n) is 5.05. The molecule has 0 radical (unpaired) electrons. The summed E-state index contributed by atoms with van der Waals surface area (Å²) >= 11 is 0. The molecular weight excluding hydrogens is 290 g/mol. The highest BCUT2D eigenvalue weighted by molar-refractivity contribution is 5.75. The zero-order valence-electron chi connectivity index (χ0n) is 13.8. The van der Waals surface area contributed by atoms with Crippen molar-refractivity contribution in [1.29, 1.82) is 0 Å². The number of likely N-dealkylation sites (N-methyl/N-ethyl adjacent to an activating group) is 1. The first-order chi connectivity index (χ1) is 11.1. The van der Waals surface area contributed by atoms with Gasteiger partial charge in [-0.3, -0.25) is 0 Å². The summed E-state index contributed by atoms with van der Waals surface area (Å²) in [5.74, 6) is 0. The van der Waals surface area contributed by atoms with Crippen LogP contribution < -0.4 is 5.32 Å². The lowest BCUT2D eigenvalue weighted by molar-refractivity contribution is 0.0956. The van der Waals surface area contributed by atoms with Crippen molar-refractivity contribution in [3.05, 3.63) is 35.9 Å². The molecule has 1 aromatic rings. The molecule has 0 spiro atoms. The molecule has 2 N–H and O–H groups in total. The average molecular weight is 317 g/mol. The lowest BCUT2D eigenvalue weighted by atomic mass is 9.93. The fourth-order valence-electron chi connectivity index (χ4n) is 3.60. The monoisotopic (exact) mass is 317 g/mol. The van der Waals surface area contributed by atoms with Crippen molar-refractivity contribution in [1.82, 2.24) is 15.1 Å². The topological polar surface area (TPSA) is 55.8 Å². The number of hydrogen-bond donors (Lipinski definition) is 2. The molecule has 1 atom stereocenters. The molecule has 2 fully saturated rings. The van der Waals surface area contributed by atoms with E-state index in [4.69, 9.17) is 0 Å². The van der Waals surface area contributed by atoms with Gasteiger partial charge in [-0.2, -0.15) is 0 Å². The SMILES string of the molecule is CN1CCN(C(=O)NC2CCC(O)CC2)C(c2ccccc2)C1. The number of nitrogens with zero attached hydrogens (tertiary/aromatic N) is 2. The molecule has 5 nitrogen and oxygen atoms in total. The minimum absolute atomic E-state index is 0.0355. The Morgan fingerprint density at radius 2 is 1.83 bits per heavy atom. The number of hydrogen-bond acceptors (Lipinski definition) is 3. The van der Waals surface area contributed by atoms with E-state index in [0.717, 1.165) is 45.3 Å². The molecule has 2 amide bonds. The second-order valence-electron chi connectivity index (χ2n) is 6.84. The summed E-state index contributed by atoms with van der Waals surface area (Å²) in [7, 11) is 2.10. The summed E-state index contributed by atoms with van der Waals surface area (Å²) in [4.78, 5) is 17.0. The zero-order valence-corrected chi connectivity index (χ0v) is 13.8. The van der Waals surface area contributed by atoms with Gasteiger partial charge in [0.1, 0.15) is 0 Å². The maximum atomic E-state index is 12.8. The smallest absolute Gasteiger partial charge is 0.318 e. The number of urea groups is 1. The van der Waals surface area contributed by atoms with Crippen molar-refractivity contribution in [3.8, 4) is 0 Å². The number of aliphatic hydroxyl groups is 1. The number of benzene rings is 1. The highest BCUT2D eigenvalue weighted by Crippen LogP contribution is 2.25. The normalized spacial score (nSPS) is 29.3. The van der Waals surface area contributed by atoms with Crippen LogP contribution in [0.1, 0.15) is 37.3 Å². The Hall–Kier alpha value is -1.59. The van der Waals surface area contributed by atoms with Gasteiger partial charge in [-0.1, -0.05) is 30.3 Å². The fraction of sp³-hybridized carbons (Fsp3) is 0.611. The summed E-state index contributed by atoms with van der Waals surface area (Å²) in [5.41, 5.74) is 1.19. The molecule has 1 saturated carbocycles. The van der Waals surface area contributed by atoms with Crippen LogP contribution in [0.15, 0.2) is 30.3 Å². The number of aliphatic hydroxyl groups excluding tert-OH is 1. The highest BCUT2D eigenvalue weighted by atomic mass is 16.3. The fourth-order valence-corrected chi connectivity index (χ4v) is 3.60. The number of carbonyl (C=O) groups excluding carboxylic acids is 1. The van der Waals surface area contributed by atoms with E-state index < -0.39 is 0 Å². The average Bonchev–Trinajstić information content (AvgIpc) is 2.57. The van der Waals surface area contributed by atoms with Crippen LogP contribution >= 0.6 is 0 Å². The molecule has 0 aromatic heterocycles. The minimum Gasteiger partial charge on any atom is -0.393 e. The van der Waals surface area contributed by atoms with Crippen LogP contribution in [0.25, 0.3) is 0 Å². The lowest BCUT2D eigenvalue weighted by Gasteiger charge is -2.41. The Bertz CT molecular complexity index is 514. The van der Waals surface area contributed by atoms with Gasteiger partial charge in [0, 0.05) is 25.7 Å². The van der Waals surface area contributed by atoms with E-state index in [1.807, 2.05) is 23.1 Å². The molecule has 1 unspecified atom stereocenters. The van der Waals surface area contributed by atoms with E-state index in [1.54, 1.807) is 0 Å². The Morgan fingerprint density at radius 1 is 1.13 bits per heavy atom. The first-order valence-corrected chi connectivity index (χ1v) is 8.62. The van der Waals surface area contributed by atoms with Crippen LogP contribution in [-0.4, -0.2) is 59.8 Å². The van der Waals surface area contributed by atoms with Gasteiger partial charge in [-0.25, -0.2) is 4.79 Å². The van der Waals surface area contributed by atoms with Crippen molar-refractivity contribution in [2.45, 2.75) is 43.9 Å². The van der Waals surface area contributed by atoms with Crippen LogP contribution in [0, 0.1) is 0 Å². The van der Waals surface area contributed by atoms with E-state index in [9.17, 15) is 9.90 Å². The molecule has 0 bridgehead atoms. The van der Waals surface area contributed by atoms with Gasteiger partial charge in [-0.15, -0.1) is 0 Å². The summed E-state index contributed by atoms with van der Waals surface area (Å²) in [6.07, 6.45) is 3.13. The van der Waals surface area contributed by atoms with Gasteiger partial charge in [0.2, 0.25) is 0 Å². The van der Waals surface area contributed by atoms with Crippen molar-refractivity contribution >= 4 is 6.03 Å². The molecule has 1 aromatic carbocycles. The number of nitrogens with one attached hydrogen (secondary N) is 1. The quantitative estimate of drug-likeness (QED) is 0.877. The molecule has 3 rings (SSSR count). The largest absolute Gasteiger partial charge is 0.393 e. The minimum atomic E-state index is -0.191. The second-order valence-corrected chi connectivity index (χ2v) is 6.84. The molecule has 23 heavy (non-hydrogen) atoms. The Kier molecular flexibility index (Phi) is 5.18. The van der Waals surface area contributed by atoms with E-state index in [2.05, 4.69) is 29.4 Å². The lowest BCUT2D eigenvalue weighted by Crippen LogP contribution is -2.54. The Labute approximate surface area is 138 Å². The first-order valence-electron chi connectivity index (χ1n) is 8.62. The standard InChI is InChI=1S/C18H27N3O2/c1-20-11-12-21(17(13-20)14-5-3-2-4-6-14)18(23)19-15-7-9-16(22)10-8-15/h2-6,15-17,22H,7-13H2,1H3,(H,19,23). The van der Waals surface area contributed by atoms with Gasteiger partial charge in [0.15, 0.2) is 0 Å². The number of piperazine rings is 1. The van der Waals surface area contributed by atoms with Crippen LogP contribution in [0.4, 0.5) is 4.79 Å². The van der Waals surface area contributed by atoms with Crippen molar-refractivity contribution in [2.24, 2.45) is 0 Å². The summed E-state index contributed by atoms with van der Waals surface area (Å²) in [5, 5.41) is 12.8. The molecule has 2 aliphatic rings. The Morgan fingerprint density at radius 3 is 2.52 bits per heavy atom. The van der Waals surface area contributed by atoms with Crippen LogP contribution in [0.3, 0.4) is 0 Å². The third kappa shape index (κ3) is 4.03.